The minimum absolute atomic E-state index is 0.167. The van der Waals surface area contributed by atoms with Gasteiger partial charge >= 0.3 is 0 Å². The molecule has 1 N–H and O–H groups in total. The van der Waals surface area contributed by atoms with Crippen LogP contribution in [0.2, 0.25) is 0 Å². The SMILES string of the molecule is CCCCCCCCN(C(=S)NC(=O)c1ccccc1)c1ccccc1. The lowest BCUT2D eigenvalue weighted by Crippen LogP contribution is -2.43. The van der Waals surface area contributed by atoms with Crippen LogP contribution in [0.15, 0.2) is 60.7 Å². The molecule has 26 heavy (non-hydrogen) atoms. The number of hydrogen-bond donors (Lipinski definition) is 1. The van der Waals surface area contributed by atoms with Crippen LogP contribution in [0.5, 0.6) is 0 Å². The molecule has 0 spiro atoms. The monoisotopic (exact) mass is 368 g/mol. The van der Waals surface area contributed by atoms with E-state index in [1.165, 1.54) is 32.1 Å². The summed E-state index contributed by atoms with van der Waals surface area (Å²) in [5.41, 5.74) is 1.63. The lowest BCUT2D eigenvalue weighted by molar-refractivity contribution is 0.0977. The van der Waals surface area contributed by atoms with Crippen molar-refractivity contribution < 1.29 is 4.79 Å². The van der Waals surface area contributed by atoms with Crippen molar-refractivity contribution in [2.75, 3.05) is 11.4 Å². The smallest absolute Gasteiger partial charge is 0.257 e. The van der Waals surface area contributed by atoms with Crippen LogP contribution in [0.3, 0.4) is 0 Å². The standard InChI is InChI=1S/C22H28N2OS/c1-2-3-4-5-6-13-18-24(20-16-11-8-12-17-20)22(26)23-21(25)19-14-9-7-10-15-19/h7-12,14-17H,2-6,13,18H2,1H3,(H,23,25,26). The molecule has 0 aliphatic heterocycles. The fourth-order valence-electron chi connectivity index (χ4n) is 2.83. The lowest BCUT2D eigenvalue weighted by Gasteiger charge is -2.25. The van der Waals surface area contributed by atoms with Crippen LogP contribution in [0, 0.1) is 0 Å². The highest BCUT2D eigenvalue weighted by atomic mass is 32.1. The largest absolute Gasteiger partial charge is 0.319 e. The average Bonchev–Trinajstić information content (AvgIpc) is 2.68. The summed E-state index contributed by atoms with van der Waals surface area (Å²) in [5, 5.41) is 3.33. The molecule has 0 aromatic heterocycles. The molecular formula is C22H28N2OS. The number of benzene rings is 2. The second kappa shape index (κ2) is 11.4. The Labute approximate surface area is 162 Å². The number of rotatable bonds is 9. The molecule has 2 aromatic rings. The highest BCUT2D eigenvalue weighted by molar-refractivity contribution is 7.80. The summed E-state index contributed by atoms with van der Waals surface area (Å²) in [6.07, 6.45) is 7.33. The molecule has 1 amide bonds. The normalized spacial score (nSPS) is 10.3. The van der Waals surface area contributed by atoms with E-state index in [0.717, 1.165) is 18.7 Å². The molecule has 0 saturated carbocycles. The van der Waals surface area contributed by atoms with Gasteiger partial charge in [-0.2, -0.15) is 0 Å². The Kier molecular flexibility index (Phi) is 8.84. The first-order valence-corrected chi connectivity index (χ1v) is 9.86. The maximum absolute atomic E-state index is 12.4. The van der Waals surface area contributed by atoms with E-state index in [-0.39, 0.29) is 5.91 Å². The maximum atomic E-state index is 12.4. The summed E-state index contributed by atoms with van der Waals surface area (Å²) in [7, 11) is 0. The van der Waals surface area contributed by atoms with E-state index >= 15 is 0 Å². The van der Waals surface area contributed by atoms with Crippen LogP contribution in [0.25, 0.3) is 0 Å². The number of unbranched alkanes of at least 4 members (excludes halogenated alkanes) is 5. The van der Waals surface area contributed by atoms with Crippen molar-refractivity contribution in [3.63, 3.8) is 0 Å². The summed E-state index contributed by atoms with van der Waals surface area (Å²) < 4.78 is 0. The van der Waals surface area contributed by atoms with E-state index in [1.54, 1.807) is 12.1 Å². The molecule has 0 fully saturated rings. The summed E-state index contributed by atoms with van der Waals surface area (Å²) in [6, 6.07) is 19.2. The molecule has 2 rings (SSSR count). The molecule has 0 heterocycles. The van der Waals surface area contributed by atoms with Crippen LogP contribution in [-0.2, 0) is 0 Å². The van der Waals surface area contributed by atoms with Gasteiger partial charge in [0.15, 0.2) is 5.11 Å². The Morgan fingerprint density at radius 3 is 2.12 bits per heavy atom. The predicted octanol–water partition coefficient (Wildman–Crippen LogP) is 5.57. The van der Waals surface area contributed by atoms with Gasteiger partial charge in [0.05, 0.1) is 0 Å². The number of nitrogens with one attached hydrogen (secondary N) is 1. The van der Waals surface area contributed by atoms with Gasteiger partial charge in [0.25, 0.3) is 5.91 Å². The molecule has 4 heteroatoms. The van der Waals surface area contributed by atoms with Crippen LogP contribution in [0.4, 0.5) is 5.69 Å². The zero-order chi connectivity index (χ0) is 18.6. The Bertz CT molecular complexity index is 673. The minimum atomic E-state index is -0.167. The van der Waals surface area contributed by atoms with Crippen molar-refractivity contribution in [3.05, 3.63) is 66.2 Å². The molecular weight excluding hydrogens is 340 g/mol. The Morgan fingerprint density at radius 2 is 1.46 bits per heavy atom. The lowest BCUT2D eigenvalue weighted by atomic mass is 10.1. The Balaban J connectivity index is 1.96. The zero-order valence-electron chi connectivity index (χ0n) is 15.5. The first kappa shape index (κ1) is 20.1. The highest BCUT2D eigenvalue weighted by Gasteiger charge is 2.15. The van der Waals surface area contributed by atoms with Gasteiger partial charge in [0.2, 0.25) is 0 Å². The third-order valence-corrected chi connectivity index (χ3v) is 4.63. The van der Waals surface area contributed by atoms with Crippen molar-refractivity contribution in [3.8, 4) is 0 Å². The van der Waals surface area contributed by atoms with E-state index in [9.17, 15) is 4.79 Å². The summed E-state index contributed by atoms with van der Waals surface area (Å²) >= 11 is 5.55. The molecule has 0 saturated heterocycles. The van der Waals surface area contributed by atoms with Gasteiger partial charge in [-0.05, 0) is 42.9 Å². The summed E-state index contributed by atoms with van der Waals surface area (Å²) in [4.78, 5) is 14.4. The van der Waals surface area contributed by atoms with E-state index < -0.39 is 0 Å². The van der Waals surface area contributed by atoms with Gasteiger partial charge in [-0.25, -0.2) is 0 Å². The van der Waals surface area contributed by atoms with Crippen molar-refractivity contribution in [1.82, 2.24) is 5.32 Å². The first-order valence-electron chi connectivity index (χ1n) is 9.45. The number of thiocarbonyl (C=S) groups is 1. The fraction of sp³-hybridized carbons (Fsp3) is 0.364. The molecule has 3 nitrogen and oxygen atoms in total. The van der Waals surface area contributed by atoms with Gasteiger partial charge in [0.1, 0.15) is 0 Å². The van der Waals surface area contributed by atoms with Crippen LogP contribution >= 0.6 is 12.2 Å². The second-order valence-corrected chi connectivity index (χ2v) is 6.77. The molecule has 0 aliphatic rings. The van der Waals surface area contributed by atoms with E-state index in [0.29, 0.717) is 10.7 Å². The second-order valence-electron chi connectivity index (χ2n) is 6.38. The van der Waals surface area contributed by atoms with E-state index in [1.807, 2.05) is 53.4 Å². The van der Waals surface area contributed by atoms with Gasteiger partial charge in [-0.3, -0.25) is 10.1 Å². The third kappa shape index (κ3) is 6.60. The molecule has 138 valence electrons. The van der Waals surface area contributed by atoms with Crippen molar-refractivity contribution in [2.24, 2.45) is 0 Å². The molecule has 2 aromatic carbocycles. The topological polar surface area (TPSA) is 32.3 Å². The van der Waals surface area contributed by atoms with Gasteiger partial charge < -0.3 is 4.90 Å². The number of anilines is 1. The number of hydrogen-bond acceptors (Lipinski definition) is 2. The molecule has 0 aliphatic carbocycles. The summed E-state index contributed by atoms with van der Waals surface area (Å²) in [5.74, 6) is -0.167. The molecule has 0 radical (unpaired) electrons. The predicted molar refractivity (Wildman–Crippen MR) is 114 cm³/mol. The quantitative estimate of drug-likeness (QED) is 0.464. The molecule has 0 atom stereocenters. The number of nitrogens with zero attached hydrogens (tertiary/aromatic N) is 1. The van der Waals surface area contributed by atoms with Gasteiger partial charge in [-0.1, -0.05) is 75.4 Å². The molecule has 0 bridgehead atoms. The number of carbonyl (C=O) groups is 1. The first-order chi connectivity index (χ1) is 12.7. The van der Waals surface area contributed by atoms with Gasteiger partial charge in [0, 0.05) is 17.8 Å². The number of carbonyl (C=O) groups excluding carboxylic acids is 1. The Hall–Kier alpha value is -2.20. The number of para-hydroxylation sites is 1. The van der Waals surface area contributed by atoms with Crippen molar-refractivity contribution in [1.29, 1.82) is 0 Å². The van der Waals surface area contributed by atoms with Crippen LogP contribution in [-0.4, -0.2) is 17.6 Å². The maximum Gasteiger partial charge on any atom is 0.257 e. The summed E-state index contributed by atoms with van der Waals surface area (Å²) in [6.45, 7) is 3.04. The molecule has 0 unspecified atom stereocenters. The zero-order valence-corrected chi connectivity index (χ0v) is 16.3. The van der Waals surface area contributed by atoms with E-state index in [2.05, 4.69) is 12.2 Å². The van der Waals surface area contributed by atoms with Gasteiger partial charge in [-0.15, -0.1) is 0 Å². The van der Waals surface area contributed by atoms with Crippen molar-refractivity contribution >= 4 is 28.9 Å². The minimum Gasteiger partial charge on any atom is -0.319 e. The van der Waals surface area contributed by atoms with E-state index in [4.69, 9.17) is 12.2 Å². The highest BCUT2D eigenvalue weighted by Crippen LogP contribution is 2.16. The average molecular weight is 369 g/mol. The fourth-order valence-corrected chi connectivity index (χ4v) is 3.12. The number of amides is 1. The Morgan fingerprint density at radius 1 is 0.885 bits per heavy atom. The van der Waals surface area contributed by atoms with Crippen molar-refractivity contribution in [2.45, 2.75) is 45.4 Å². The van der Waals surface area contributed by atoms with Crippen LogP contribution in [0.1, 0.15) is 55.8 Å². The third-order valence-electron chi connectivity index (χ3n) is 4.30. The van der Waals surface area contributed by atoms with Crippen LogP contribution < -0.4 is 10.2 Å².